The van der Waals surface area contributed by atoms with Crippen LogP contribution in [0, 0.1) is 6.92 Å². The third-order valence-corrected chi connectivity index (χ3v) is 2.89. The Kier molecular flexibility index (Phi) is 3.74. The van der Waals surface area contributed by atoms with Crippen LogP contribution in [0.5, 0.6) is 0 Å². The van der Waals surface area contributed by atoms with E-state index < -0.39 is 0 Å². The van der Waals surface area contributed by atoms with Crippen molar-refractivity contribution in [3.8, 4) is 0 Å². The number of aromatic nitrogens is 1. The molecule has 0 spiro atoms. The molecule has 0 saturated heterocycles. The minimum absolute atomic E-state index is 0.0691. The second-order valence-corrected chi connectivity index (χ2v) is 4.32. The maximum absolute atomic E-state index is 5.86. The quantitative estimate of drug-likeness (QED) is 0.648. The molecule has 0 fully saturated rings. The summed E-state index contributed by atoms with van der Waals surface area (Å²) in [5, 5.41) is 0.714. The Morgan fingerprint density at radius 3 is 2.29 bits per heavy atom. The van der Waals surface area contributed by atoms with Crippen molar-refractivity contribution in [1.82, 2.24) is 10.4 Å². The van der Waals surface area contributed by atoms with E-state index in [1.807, 2.05) is 49.5 Å². The molecule has 2 rings (SSSR count). The Morgan fingerprint density at radius 2 is 1.76 bits per heavy atom. The van der Waals surface area contributed by atoms with Crippen LogP contribution in [-0.2, 0) is 0 Å². The Hall–Kier alpha value is -1.42. The highest BCUT2D eigenvalue weighted by Crippen LogP contribution is 2.22. The molecule has 1 aromatic heterocycles. The topological polar surface area (TPSA) is 50.9 Å². The Labute approximate surface area is 106 Å². The van der Waals surface area contributed by atoms with Gasteiger partial charge < -0.3 is 0 Å². The SMILES string of the molecule is Cc1ccc(C(NN)c2ccc(Cl)cc2)cn1. The fraction of sp³-hybridized carbons (Fsp3) is 0.154. The van der Waals surface area contributed by atoms with Crippen LogP contribution < -0.4 is 11.3 Å². The third kappa shape index (κ3) is 2.82. The van der Waals surface area contributed by atoms with Crippen LogP contribution in [0.2, 0.25) is 5.02 Å². The first-order valence-electron chi connectivity index (χ1n) is 5.35. The minimum atomic E-state index is -0.0691. The Balaban J connectivity index is 2.33. The molecule has 3 nitrogen and oxygen atoms in total. The highest BCUT2D eigenvalue weighted by molar-refractivity contribution is 6.30. The number of aryl methyl sites for hydroxylation is 1. The van der Waals surface area contributed by atoms with E-state index in [4.69, 9.17) is 17.4 Å². The van der Waals surface area contributed by atoms with E-state index in [1.165, 1.54) is 0 Å². The van der Waals surface area contributed by atoms with Gasteiger partial charge >= 0.3 is 0 Å². The van der Waals surface area contributed by atoms with Gasteiger partial charge in [0.05, 0.1) is 6.04 Å². The van der Waals surface area contributed by atoms with Crippen LogP contribution >= 0.6 is 11.6 Å². The van der Waals surface area contributed by atoms with Gasteiger partial charge in [-0.2, -0.15) is 0 Å². The van der Waals surface area contributed by atoms with Crippen LogP contribution in [0.4, 0.5) is 0 Å². The van der Waals surface area contributed by atoms with E-state index in [2.05, 4.69) is 10.4 Å². The Morgan fingerprint density at radius 1 is 1.12 bits per heavy atom. The van der Waals surface area contributed by atoms with Crippen LogP contribution in [0.25, 0.3) is 0 Å². The summed E-state index contributed by atoms with van der Waals surface area (Å²) in [6.45, 7) is 1.96. The molecule has 1 heterocycles. The molecule has 2 aromatic rings. The summed E-state index contributed by atoms with van der Waals surface area (Å²) >= 11 is 5.86. The number of hydrogen-bond donors (Lipinski definition) is 2. The van der Waals surface area contributed by atoms with E-state index in [0.29, 0.717) is 5.02 Å². The molecule has 4 heteroatoms. The van der Waals surface area contributed by atoms with E-state index >= 15 is 0 Å². The average molecular weight is 248 g/mol. The van der Waals surface area contributed by atoms with Gasteiger partial charge in [-0.1, -0.05) is 29.8 Å². The summed E-state index contributed by atoms with van der Waals surface area (Å²) in [6.07, 6.45) is 1.83. The van der Waals surface area contributed by atoms with Gasteiger partial charge in [0.1, 0.15) is 0 Å². The maximum Gasteiger partial charge on any atom is 0.0725 e. The molecule has 1 unspecified atom stereocenters. The molecule has 0 radical (unpaired) electrons. The molecular formula is C13H14ClN3. The van der Waals surface area contributed by atoms with Crippen molar-refractivity contribution in [1.29, 1.82) is 0 Å². The third-order valence-electron chi connectivity index (χ3n) is 2.64. The lowest BCUT2D eigenvalue weighted by Crippen LogP contribution is -2.28. The Bertz CT molecular complexity index is 434. The largest absolute Gasteiger partial charge is 0.271 e. The highest BCUT2D eigenvalue weighted by Gasteiger charge is 2.12. The summed E-state index contributed by atoms with van der Waals surface area (Å²) in [6, 6.07) is 11.5. The van der Waals surface area contributed by atoms with Crippen molar-refractivity contribution in [3.05, 3.63) is 64.4 Å². The van der Waals surface area contributed by atoms with Gasteiger partial charge in [-0.15, -0.1) is 0 Å². The summed E-state index contributed by atoms with van der Waals surface area (Å²) in [4.78, 5) is 4.27. The minimum Gasteiger partial charge on any atom is -0.271 e. The number of pyridine rings is 1. The number of hydrazine groups is 1. The number of halogens is 1. The predicted molar refractivity (Wildman–Crippen MR) is 69.6 cm³/mol. The van der Waals surface area contributed by atoms with Crippen molar-refractivity contribution in [2.24, 2.45) is 5.84 Å². The smallest absolute Gasteiger partial charge is 0.0725 e. The van der Waals surface area contributed by atoms with Crippen LogP contribution in [0.3, 0.4) is 0 Å². The van der Waals surface area contributed by atoms with Gasteiger partial charge in [-0.05, 0) is 36.2 Å². The van der Waals surface area contributed by atoms with E-state index in [1.54, 1.807) is 0 Å². The molecule has 0 bridgehead atoms. The second kappa shape index (κ2) is 5.27. The number of rotatable bonds is 3. The van der Waals surface area contributed by atoms with E-state index in [0.717, 1.165) is 16.8 Å². The average Bonchev–Trinajstić information content (AvgIpc) is 2.35. The summed E-state index contributed by atoms with van der Waals surface area (Å²) in [7, 11) is 0. The number of nitrogens with one attached hydrogen (secondary N) is 1. The van der Waals surface area contributed by atoms with Crippen LogP contribution in [0.1, 0.15) is 22.9 Å². The van der Waals surface area contributed by atoms with Gasteiger partial charge in [0.25, 0.3) is 0 Å². The number of hydrogen-bond acceptors (Lipinski definition) is 3. The lowest BCUT2D eigenvalue weighted by atomic mass is 10.0. The molecule has 3 N–H and O–H groups in total. The molecule has 0 saturated carbocycles. The molecule has 88 valence electrons. The molecule has 0 aliphatic rings. The zero-order valence-corrected chi connectivity index (χ0v) is 10.3. The monoisotopic (exact) mass is 247 g/mol. The predicted octanol–water partition coefficient (Wildman–Crippen LogP) is 2.60. The van der Waals surface area contributed by atoms with Crippen molar-refractivity contribution in [2.75, 3.05) is 0 Å². The van der Waals surface area contributed by atoms with Gasteiger partial charge in [-0.3, -0.25) is 10.8 Å². The van der Waals surface area contributed by atoms with Crippen molar-refractivity contribution < 1.29 is 0 Å². The molecule has 17 heavy (non-hydrogen) atoms. The lowest BCUT2D eigenvalue weighted by molar-refractivity contribution is 0.634. The van der Waals surface area contributed by atoms with Crippen molar-refractivity contribution >= 4 is 11.6 Å². The first-order valence-corrected chi connectivity index (χ1v) is 5.72. The van der Waals surface area contributed by atoms with E-state index in [9.17, 15) is 0 Å². The highest BCUT2D eigenvalue weighted by atomic mass is 35.5. The number of nitrogens with zero attached hydrogens (tertiary/aromatic N) is 1. The number of nitrogens with two attached hydrogens (primary N) is 1. The van der Waals surface area contributed by atoms with Gasteiger partial charge in [0.15, 0.2) is 0 Å². The first kappa shape index (κ1) is 12.0. The summed E-state index contributed by atoms with van der Waals surface area (Å²) in [5.41, 5.74) is 5.86. The summed E-state index contributed by atoms with van der Waals surface area (Å²) < 4.78 is 0. The first-order chi connectivity index (χ1) is 8.20. The zero-order chi connectivity index (χ0) is 12.3. The fourth-order valence-electron chi connectivity index (χ4n) is 1.69. The molecule has 0 amide bonds. The standard InChI is InChI=1S/C13H14ClN3/c1-9-2-3-11(8-16-9)13(17-15)10-4-6-12(14)7-5-10/h2-8,13,17H,15H2,1H3. The van der Waals surface area contributed by atoms with Crippen molar-refractivity contribution in [2.45, 2.75) is 13.0 Å². The summed E-state index contributed by atoms with van der Waals surface area (Å²) in [5.74, 6) is 5.60. The molecular weight excluding hydrogens is 234 g/mol. The molecule has 0 aliphatic heterocycles. The van der Waals surface area contributed by atoms with Crippen LogP contribution in [-0.4, -0.2) is 4.98 Å². The van der Waals surface area contributed by atoms with Gasteiger partial charge in [0, 0.05) is 16.9 Å². The maximum atomic E-state index is 5.86. The molecule has 1 atom stereocenters. The normalized spacial score (nSPS) is 12.4. The fourth-order valence-corrected chi connectivity index (χ4v) is 1.82. The number of benzene rings is 1. The van der Waals surface area contributed by atoms with E-state index in [-0.39, 0.29) is 6.04 Å². The van der Waals surface area contributed by atoms with Gasteiger partial charge in [-0.25, -0.2) is 5.43 Å². The lowest BCUT2D eigenvalue weighted by Gasteiger charge is -2.16. The van der Waals surface area contributed by atoms with Gasteiger partial charge in [0.2, 0.25) is 0 Å². The molecule has 1 aromatic carbocycles. The second-order valence-electron chi connectivity index (χ2n) is 3.88. The zero-order valence-electron chi connectivity index (χ0n) is 9.52. The molecule has 0 aliphatic carbocycles. The van der Waals surface area contributed by atoms with Crippen molar-refractivity contribution in [3.63, 3.8) is 0 Å². The van der Waals surface area contributed by atoms with Crippen LogP contribution in [0.15, 0.2) is 42.6 Å².